The second-order valence-electron chi connectivity index (χ2n) is 5.39. The number of aryl methyl sites for hydroxylation is 1. The van der Waals surface area contributed by atoms with Gasteiger partial charge >= 0.3 is 0 Å². The molecular formula is C13H19N. The molecule has 1 heteroatoms. The summed E-state index contributed by atoms with van der Waals surface area (Å²) >= 11 is 0. The maximum Gasteiger partial charge on any atom is 0.0376 e. The number of benzene rings is 1. The fourth-order valence-corrected chi connectivity index (χ4v) is 2.23. The van der Waals surface area contributed by atoms with Crippen molar-refractivity contribution in [2.24, 2.45) is 5.41 Å². The van der Waals surface area contributed by atoms with Crippen molar-refractivity contribution in [2.75, 3.05) is 11.9 Å². The summed E-state index contributed by atoms with van der Waals surface area (Å²) in [5.41, 5.74) is 4.54. The van der Waals surface area contributed by atoms with Gasteiger partial charge in [-0.2, -0.15) is 0 Å². The van der Waals surface area contributed by atoms with Crippen LogP contribution in [0.5, 0.6) is 0 Å². The summed E-state index contributed by atoms with van der Waals surface area (Å²) in [5.74, 6) is 0.650. The number of rotatable bonds is 0. The van der Waals surface area contributed by atoms with E-state index in [0.717, 1.165) is 6.54 Å². The topological polar surface area (TPSA) is 12.0 Å². The van der Waals surface area contributed by atoms with Crippen LogP contribution in [0, 0.1) is 12.3 Å². The van der Waals surface area contributed by atoms with Gasteiger partial charge in [0, 0.05) is 18.2 Å². The van der Waals surface area contributed by atoms with Crippen LogP contribution in [0.2, 0.25) is 0 Å². The lowest BCUT2D eigenvalue weighted by Crippen LogP contribution is -2.19. The Hall–Kier alpha value is -0.980. The van der Waals surface area contributed by atoms with Gasteiger partial charge in [-0.1, -0.05) is 38.5 Å². The van der Waals surface area contributed by atoms with Crippen molar-refractivity contribution in [2.45, 2.75) is 33.6 Å². The summed E-state index contributed by atoms with van der Waals surface area (Å²) in [4.78, 5) is 0. The average Bonchev–Trinajstić information content (AvgIpc) is 2.45. The summed E-state index contributed by atoms with van der Waals surface area (Å²) in [6.07, 6.45) is 0. The summed E-state index contributed by atoms with van der Waals surface area (Å²) in [5, 5.41) is 3.48. The minimum absolute atomic E-state index is 0.353. The van der Waals surface area contributed by atoms with Gasteiger partial charge in [0.25, 0.3) is 0 Å². The van der Waals surface area contributed by atoms with Gasteiger partial charge in [0.1, 0.15) is 0 Å². The van der Waals surface area contributed by atoms with Crippen molar-refractivity contribution in [3.8, 4) is 0 Å². The van der Waals surface area contributed by atoms with Crippen LogP contribution >= 0.6 is 0 Å². The van der Waals surface area contributed by atoms with E-state index >= 15 is 0 Å². The van der Waals surface area contributed by atoms with Gasteiger partial charge in [0.2, 0.25) is 0 Å². The molecule has 2 rings (SSSR count). The van der Waals surface area contributed by atoms with Crippen LogP contribution in [0.15, 0.2) is 18.2 Å². The van der Waals surface area contributed by atoms with Gasteiger partial charge in [-0.25, -0.2) is 0 Å². The summed E-state index contributed by atoms with van der Waals surface area (Å²) in [6.45, 7) is 10.2. The van der Waals surface area contributed by atoms with Gasteiger partial charge < -0.3 is 5.32 Å². The molecule has 0 aliphatic carbocycles. The van der Waals surface area contributed by atoms with Crippen molar-refractivity contribution < 1.29 is 0 Å². The van der Waals surface area contributed by atoms with Crippen LogP contribution in [-0.2, 0) is 0 Å². The van der Waals surface area contributed by atoms with Gasteiger partial charge in [-0.05, 0) is 24.0 Å². The van der Waals surface area contributed by atoms with Crippen LogP contribution in [0.1, 0.15) is 37.8 Å². The Morgan fingerprint density at radius 2 is 2.00 bits per heavy atom. The SMILES string of the molecule is Cc1ccc2c(c1)C(C(C)(C)C)CN2. The number of hydrogen-bond donors (Lipinski definition) is 1. The predicted molar refractivity (Wildman–Crippen MR) is 61.9 cm³/mol. The molecule has 0 saturated heterocycles. The normalized spacial score (nSPS) is 20.4. The fraction of sp³-hybridized carbons (Fsp3) is 0.538. The van der Waals surface area contributed by atoms with E-state index < -0.39 is 0 Å². The molecule has 76 valence electrons. The third-order valence-electron chi connectivity index (χ3n) is 3.12. The number of nitrogens with one attached hydrogen (secondary N) is 1. The molecule has 14 heavy (non-hydrogen) atoms. The highest BCUT2D eigenvalue weighted by Gasteiger charge is 2.31. The molecule has 0 aromatic heterocycles. The predicted octanol–water partition coefficient (Wildman–Crippen LogP) is 3.55. The molecule has 1 aromatic rings. The van der Waals surface area contributed by atoms with Crippen LogP contribution < -0.4 is 5.32 Å². The van der Waals surface area contributed by atoms with Crippen molar-refractivity contribution >= 4 is 5.69 Å². The van der Waals surface area contributed by atoms with E-state index in [1.54, 1.807) is 0 Å². The van der Waals surface area contributed by atoms with Crippen molar-refractivity contribution in [3.63, 3.8) is 0 Å². The third-order valence-corrected chi connectivity index (χ3v) is 3.12. The molecule has 1 nitrogen and oxygen atoms in total. The standard InChI is InChI=1S/C13H19N/c1-9-5-6-12-10(7-9)11(8-14-12)13(2,3)4/h5-7,11,14H,8H2,1-4H3. The number of anilines is 1. The zero-order valence-corrected chi connectivity index (χ0v) is 9.52. The summed E-state index contributed by atoms with van der Waals surface area (Å²) in [7, 11) is 0. The first-order chi connectivity index (χ1) is 6.48. The molecule has 1 unspecified atom stereocenters. The van der Waals surface area contributed by atoms with Gasteiger partial charge in [-0.15, -0.1) is 0 Å². The molecule has 0 saturated carbocycles. The Kier molecular flexibility index (Phi) is 2.06. The third kappa shape index (κ3) is 1.52. The molecule has 1 heterocycles. The molecule has 0 radical (unpaired) electrons. The largest absolute Gasteiger partial charge is 0.384 e. The first-order valence-corrected chi connectivity index (χ1v) is 5.33. The maximum atomic E-state index is 3.48. The van der Waals surface area contributed by atoms with Crippen LogP contribution in [0.3, 0.4) is 0 Å². The minimum atomic E-state index is 0.353. The fourth-order valence-electron chi connectivity index (χ4n) is 2.23. The van der Waals surface area contributed by atoms with Crippen molar-refractivity contribution in [3.05, 3.63) is 29.3 Å². The molecule has 1 aliphatic rings. The molecule has 1 aliphatic heterocycles. The second kappa shape index (κ2) is 3.01. The minimum Gasteiger partial charge on any atom is -0.384 e. The Morgan fingerprint density at radius 1 is 1.29 bits per heavy atom. The van der Waals surface area contributed by atoms with E-state index in [9.17, 15) is 0 Å². The molecule has 1 N–H and O–H groups in total. The van der Waals surface area contributed by atoms with Crippen molar-refractivity contribution in [1.82, 2.24) is 0 Å². The quantitative estimate of drug-likeness (QED) is 0.658. The zero-order chi connectivity index (χ0) is 10.3. The van der Waals surface area contributed by atoms with Gasteiger partial charge in [0.05, 0.1) is 0 Å². The summed E-state index contributed by atoms with van der Waals surface area (Å²) < 4.78 is 0. The molecular weight excluding hydrogens is 170 g/mol. The first kappa shape index (κ1) is 9.57. The van der Waals surface area contributed by atoms with E-state index in [1.165, 1.54) is 16.8 Å². The van der Waals surface area contributed by atoms with Crippen LogP contribution in [0.25, 0.3) is 0 Å². The zero-order valence-electron chi connectivity index (χ0n) is 9.52. The van der Waals surface area contributed by atoms with E-state index in [0.29, 0.717) is 11.3 Å². The second-order valence-corrected chi connectivity index (χ2v) is 5.39. The lowest BCUT2D eigenvalue weighted by atomic mass is 9.77. The van der Waals surface area contributed by atoms with E-state index in [4.69, 9.17) is 0 Å². The highest BCUT2D eigenvalue weighted by atomic mass is 14.9. The lowest BCUT2D eigenvalue weighted by molar-refractivity contribution is 0.339. The molecule has 0 fully saturated rings. The Balaban J connectivity index is 2.43. The van der Waals surface area contributed by atoms with E-state index in [1.807, 2.05) is 0 Å². The monoisotopic (exact) mass is 189 g/mol. The maximum absolute atomic E-state index is 3.48. The smallest absolute Gasteiger partial charge is 0.0376 e. The molecule has 1 aromatic carbocycles. The van der Waals surface area contributed by atoms with Gasteiger partial charge in [0.15, 0.2) is 0 Å². The Morgan fingerprint density at radius 3 is 2.64 bits per heavy atom. The molecule has 0 bridgehead atoms. The van der Waals surface area contributed by atoms with Crippen LogP contribution in [0.4, 0.5) is 5.69 Å². The van der Waals surface area contributed by atoms with Crippen LogP contribution in [-0.4, -0.2) is 6.54 Å². The van der Waals surface area contributed by atoms with Crippen molar-refractivity contribution in [1.29, 1.82) is 0 Å². The molecule has 0 spiro atoms. The molecule has 0 amide bonds. The molecule has 1 atom stereocenters. The summed E-state index contributed by atoms with van der Waals surface area (Å²) in [6, 6.07) is 6.71. The van der Waals surface area contributed by atoms with Gasteiger partial charge in [-0.3, -0.25) is 0 Å². The highest BCUT2D eigenvalue weighted by Crippen LogP contribution is 2.42. The van der Waals surface area contributed by atoms with E-state index in [-0.39, 0.29) is 0 Å². The Labute approximate surface area is 86.5 Å². The Bertz CT molecular complexity index is 347. The lowest BCUT2D eigenvalue weighted by Gasteiger charge is -2.26. The highest BCUT2D eigenvalue weighted by molar-refractivity contribution is 5.59. The number of fused-ring (bicyclic) bond motifs is 1. The number of hydrogen-bond acceptors (Lipinski definition) is 1. The van der Waals surface area contributed by atoms with E-state index in [2.05, 4.69) is 51.2 Å². The first-order valence-electron chi connectivity index (χ1n) is 5.33. The average molecular weight is 189 g/mol.